The van der Waals surface area contributed by atoms with Crippen molar-refractivity contribution in [3.05, 3.63) is 90.0 Å². The molecule has 0 fully saturated rings. The van der Waals surface area contributed by atoms with E-state index in [0.29, 0.717) is 22.9 Å². The maximum absolute atomic E-state index is 13.4. The zero-order valence-electron chi connectivity index (χ0n) is 16.8. The number of nitrogens with one attached hydrogen (secondary N) is 1. The molecule has 0 spiro atoms. The Balaban J connectivity index is 1.65. The fourth-order valence-corrected chi connectivity index (χ4v) is 5.13. The monoisotopic (exact) mass is 470 g/mol. The van der Waals surface area contributed by atoms with Crippen molar-refractivity contribution in [3.63, 3.8) is 0 Å². The van der Waals surface area contributed by atoms with E-state index in [2.05, 4.69) is 11.9 Å². The maximum atomic E-state index is 13.4. The van der Waals surface area contributed by atoms with Gasteiger partial charge < -0.3 is 14.8 Å². The molecule has 0 atom stereocenters. The molecule has 0 unspecified atom stereocenters. The van der Waals surface area contributed by atoms with E-state index in [1.165, 1.54) is 28.6 Å². The summed E-state index contributed by atoms with van der Waals surface area (Å²) >= 11 is 6.25. The van der Waals surface area contributed by atoms with E-state index in [-0.39, 0.29) is 28.8 Å². The van der Waals surface area contributed by atoms with Crippen LogP contribution in [0.1, 0.15) is 10.4 Å². The summed E-state index contributed by atoms with van der Waals surface area (Å²) in [5.74, 6) is 0.614. The average molecular weight is 471 g/mol. The highest BCUT2D eigenvalue weighted by Gasteiger charge is 2.27. The van der Waals surface area contributed by atoms with Gasteiger partial charge in [0, 0.05) is 17.3 Å². The summed E-state index contributed by atoms with van der Waals surface area (Å²) in [6.07, 6.45) is 1.48. The lowest BCUT2D eigenvalue weighted by Gasteiger charge is -2.24. The van der Waals surface area contributed by atoms with Crippen molar-refractivity contribution < 1.29 is 22.7 Å². The number of para-hydroxylation sites is 1. The summed E-state index contributed by atoms with van der Waals surface area (Å²) in [6.45, 7) is 3.81. The minimum atomic E-state index is -4.07. The van der Waals surface area contributed by atoms with Crippen LogP contribution in [0.5, 0.6) is 11.5 Å². The molecule has 0 aliphatic carbocycles. The molecule has 1 aliphatic heterocycles. The molecule has 4 rings (SSSR count). The van der Waals surface area contributed by atoms with E-state index in [1.807, 2.05) is 0 Å². The minimum absolute atomic E-state index is 0.00891. The fraction of sp³-hybridized carbons (Fsp3) is 0.0870. The van der Waals surface area contributed by atoms with Crippen molar-refractivity contribution in [3.8, 4) is 11.5 Å². The Morgan fingerprint density at radius 3 is 2.56 bits per heavy atom. The zero-order chi connectivity index (χ0) is 22.7. The van der Waals surface area contributed by atoms with Gasteiger partial charge in [-0.15, -0.1) is 6.58 Å². The summed E-state index contributed by atoms with van der Waals surface area (Å²) < 4.78 is 38.6. The molecule has 3 aromatic carbocycles. The van der Waals surface area contributed by atoms with Gasteiger partial charge in [0.15, 0.2) is 11.5 Å². The predicted octanol–water partition coefficient (Wildman–Crippen LogP) is 4.70. The number of hydrogen-bond donors (Lipinski definition) is 1. The second kappa shape index (κ2) is 8.94. The van der Waals surface area contributed by atoms with Crippen LogP contribution in [0.4, 0.5) is 11.4 Å². The van der Waals surface area contributed by atoms with Crippen LogP contribution >= 0.6 is 11.6 Å². The maximum Gasteiger partial charge on any atom is 0.266 e. The molecule has 3 aromatic rings. The van der Waals surface area contributed by atoms with Crippen LogP contribution in [0.3, 0.4) is 0 Å². The van der Waals surface area contributed by atoms with Gasteiger partial charge in [-0.05, 0) is 42.5 Å². The number of halogens is 1. The third-order valence-corrected chi connectivity index (χ3v) is 7.01. The van der Waals surface area contributed by atoms with Crippen LogP contribution in [0.25, 0.3) is 0 Å². The number of nitrogens with zero attached hydrogens (tertiary/aromatic N) is 1. The van der Waals surface area contributed by atoms with Crippen LogP contribution in [-0.2, 0) is 10.0 Å². The molecule has 32 heavy (non-hydrogen) atoms. The van der Waals surface area contributed by atoms with E-state index in [1.54, 1.807) is 48.5 Å². The molecule has 164 valence electrons. The number of carbonyl (C=O) groups is 1. The molecule has 1 amide bonds. The smallest absolute Gasteiger partial charge is 0.266 e. The molecular formula is C23H19ClN2O5S. The molecule has 1 aliphatic rings. The molecule has 0 saturated heterocycles. The molecule has 1 N–H and O–H groups in total. The Hall–Kier alpha value is -3.49. The first-order valence-electron chi connectivity index (χ1n) is 9.59. The third kappa shape index (κ3) is 4.28. The molecule has 0 bridgehead atoms. The number of benzene rings is 3. The first kappa shape index (κ1) is 21.7. The quantitative estimate of drug-likeness (QED) is 0.506. The van der Waals surface area contributed by atoms with Crippen molar-refractivity contribution >= 4 is 38.9 Å². The van der Waals surface area contributed by atoms with Gasteiger partial charge in [0.25, 0.3) is 15.9 Å². The van der Waals surface area contributed by atoms with E-state index in [4.69, 9.17) is 21.1 Å². The lowest BCUT2D eigenvalue weighted by Crippen LogP contribution is -2.31. The van der Waals surface area contributed by atoms with Gasteiger partial charge in [0.05, 0.1) is 17.3 Å². The zero-order valence-corrected chi connectivity index (χ0v) is 18.4. The summed E-state index contributed by atoms with van der Waals surface area (Å²) in [5.41, 5.74) is 1.08. The molecule has 1 heterocycles. The van der Waals surface area contributed by atoms with E-state index >= 15 is 0 Å². The Morgan fingerprint density at radius 1 is 1.06 bits per heavy atom. The van der Waals surface area contributed by atoms with Crippen LogP contribution in [-0.4, -0.2) is 27.7 Å². The highest BCUT2D eigenvalue weighted by atomic mass is 35.5. The topological polar surface area (TPSA) is 84.9 Å². The number of ether oxygens (including phenoxy) is 2. The third-order valence-electron chi connectivity index (χ3n) is 4.73. The van der Waals surface area contributed by atoms with E-state index in [0.717, 1.165) is 0 Å². The van der Waals surface area contributed by atoms with Gasteiger partial charge in [-0.3, -0.25) is 9.10 Å². The molecular weight excluding hydrogens is 452 g/mol. The van der Waals surface area contributed by atoms with Crippen LogP contribution in [0, 0.1) is 0 Å². The Bertz CT molecular complexity index is 1280. The lowest BCUT2D eigenvalue weighted by molar-refractivity contribution is 0.102. The normalized spacial score (nSPS) is 12.3. The molecule has 0 radical (unpaired) electrons. The predicted molar refractivity (Wildman–Crippen MR) is 123 cm³/mol. The second-order valence-electron chi connectivity index (χ2n) is 6.83. The molecule has 9 heteroatoms. The van der Waals surface area contributed by atoms with Gasteiger partial charge >= 0.3 is 0 Å². The Kier molecular flexibility index (Phi) is 6.07. The number of anilines is 2. The molecule has 7 nitrogen and oxygen atoms in total. The fourth-order valence-electron chi connectivity index (χ4n) is 3.19. The Labute approximate surface area is 190 Å². The first-order chi connectivity index (χ1) is 15.4. The van der Waals surface area contributed by atoms with Gasteiger partial charge in [0.2, 0.25) is 6.79 Å². The van der Waals surface area contributed by atoms with Gasteiger partial charge in [-0.25, -0.2) is 8.42 Å². The molecule has 0 saturated carbocycles. The number of hydrogen-bond acceptors (Lipinski definition) is 5. The van der Waals surface area contributed by atoms with Gasteiger partial charge in [-0.2, -0.15) is 0 Å². The highest BCUT2D eigenvalue weighted by Crippen LogP contribution is 2.34. The molecule has 0 aromatic heterocycles. The van der Waals surface area contributed by atoms with Crippen molar-refractivity contribution in [2.75, 3.05) is 23.0 Å². The number of fused-ring (bicyclic) bond motifs is 1. The van der Waals surface area contributed by atoms with Crippen LogP contribution in [0.15, 0.2) is 84.3 Å². The van der Waals surface area contributed by atoms with Gasteiger partial charge in [-0.1, -0.05) is 35.9 Å². The van der Waals surface area contributed by atoms with Gasteiger partial charge in [0.1, 0.15) is 4.90 Å². The minimum Gasteiger partial charge on any atom is -0.454 e. The second-order valence-corrected chi connectivity index (χ2v) is 9.07. The first-order valence-corrected chi connectivity index (χ1v) is 11.4. The van der Waals surface area contributed by atoms with Crippen LogP contribution in [0.2, 0.25) is 5.02 Å². The van der Waals surface area contributed by atoms with E-state index in [9.17, 15) is 13.2 Å². The van der Waals surface area contributed by atoms with Crippen molar-refractivity contribution in [2.24, 2.45) is 0 Å². The number of amides is 1. The van der Waals surface area contributed by atoms with E-state index < -0.39 is 15.9 Å². The average Bonchev–Trinajstić information content (AvgIpc) is 3.26. The van der Waals surface area contributed by atoms with Crippen molar-refractivity contribution in [2.45, 2.75) is 4.90 Å². The lowest BCUT2D eigenvalue weighted by atomic mass is 10.2. The highest BCUT2D eigenvalue weighted by molar-refractivity contribution is 7.93. The number of rotatable bonds is 7. The number of carbonyl (C=O) groups excluding carboxylic acids is 1. The summed E-state index contributed by atoms with van der Waals surface area (Å²) in [5, 5.41) is 2.74. The SMILES string of the molecule is C=CCN(c1ccccc1)S(=O)(=O)c1cc(C(=O)Nc2ccc3c(c2)OCO3)ccc1Cl. The number of sulfonamides is 1. The largest absolute Gasteiger partial charge is 0.454 e. The van der Waals surface area contributed by atoms with Crippen LogP contribution < -0.4 is 19.1 Å². The van der Waals surface area contributed by atoms with Crippen molar-refractivity contribution in [1.82, 2.24) is 0 Å². The van der Waals surface area contributed by atoms with Crippen molar-refractivity contribution in [1.29, 1.82) is 0 Å². The Morgan fingerprint density at radius 2 is 1.81 bits per heavy atom. The summed E-state index contributed by atoms with van der Waals surface area (Å²) in [4.78, 5) is 12.6. The summed E-state index contributed by atoms with van der Waals surface area (Å²) in [6, 6.07) is 17.7. The summed E-state index contributed by atoms with van der Waals surface area (Å²) in [7, 11) is -4.07. The standard InChI is InChI=1S/C23H19ClN2O5S/c1-2-12-26(18-6-4-3-5-7-18)32(28,29)22-13-16(8-10-19(22)24)23(27)25-17-9-11-20-21(14-17)31-15-30-20/h2-11,13-14H,1,12,15H2,(H,25,27).